The average molecular weight is 244 g/mol. The van der Waals surface area contributed by atoms with Crippen LogP contribution in [0.25, 0.3) is 0 Å². The Labute approximate surface area is 99.8 Å². The Morgan fingerprint density at radius 2 is 2.06 bits per heavy atom. The third-order valence-corrected chi connectivity index (χ3v) is 2.79. The Hall–Kier alpha value is -1.26. The zero-order valence-corrected chi connectivity index (χ0v) is 9.71. The van der Waals surface area contributed by atoms with Gasteiger partial charge in [0.05, 0.1) is 7.11 Å². The van der Waals surface area contributed by atoms with E-state index in [0.717, 1.165) is 11.1 Å². The van der Waals surface area contributed by atoms with Gasteiger partial charge in [0.25, 0.3) is 0 Å². The lowest BCUT2D eigenvalue weighted by atomic mass is 9.98. The lowest BCUT2D eigenvalue weighted by Gasteiger charge is -2.19. The predicted octanol–water partition coefficient (Wildman–Crippen LogP) is 0.783. The van der Waals surface area contributed by atoms with E-state index in [-0.39, 0.29) is 18.2 Å². The van der Waals surface area contributed by atoms with Crippen LogP contribution in [-0.4, -0.2) is 23.7 Å². The van der Waals surface area contributed by atoms with Crippen molar-refractivity contribution in [3.63, 3.8) is 0 Å². The molecule has 3 N–H and O–H groups in total. The lowest BCUT2D eigenvalue weighted by molar-refractivity contribution is -0.146. The van der Waals surface area contributed by atoms with Crippen molar-refractivity contribution in [1.82, 2.24) is 0 Å². The highest BCUT2D eigenvalue weighted by molar-refractivity contribution is 5.85. The van der Waals surface area contributed by atoms with Gasteiger partial charge in [-0.25, -0.2) is 0 Å². The van der Waals surface area contributed by atoms with Gasteiger partial charge >= 0.3 is 5.97 Å². The molecular formula is C11H14ClNO3. The number of hydrogen-bond donors (Lipinski definition) is 2. The number of ether oxygens (including phenoxy) is 1. The molecule has 1 aromatic carbocycles. The van der Waals surface area contributed by atoms with Gasteiger partial charge in [-0.3, -0.25) is 4.79 Å². The molecule has 1 aliphatic carbocycles. The molecule has 0 radical (unpaired) electrons. The minimum absolute atomic E-state index is 0. The quantitative estimate of drug-likeness (QED) is 0.715. The normalized spacial score (nSPS) is 22.1. The zero-order chi connectivity index (χ0) is 11.1. The summed E-state index contributed by atoms with van der Waals surface area (Å²) in [6, 6.07) is 5.04. The standard InChI is InChI=1S/C11H13NO3.ClH/c1-15-10(14)11(12)5-7-2-3-9(13)4-8(7)6-11;/h2-4,13H,5-6,12H2,1H3;1H. The van der Waals surface area contributed by atoms with E-state index in [1.54, 1.807) is 18.2 Å². The molecule has 4 nitrogen and oxygen atoms in total. The second kappa shape index (κ2) is 4.31. The number of phenolic OH excluding ortho intramolecular Hbond substituents is 1. The Morgan fingerprint density at radius 1 is 1.44 bits per heavy atom. The number of hydrogen-bond acceptors (Lipinski definition) is 4. The highest BCUT2D eigenvalue weighted by Crippen LogP contribution is 2.31. The number of rotatable bonds is 1. The van der Waals surface area contributed by atoms with E-state index < -0.39 is 11.5 Å². The highest BCUT2D eigenvalue weighted by Gasteiger charge is 2.41. The van der Waals surface area contributed by atoms with E-state index in [9.17, 15) is 9.90 Å². The van der Waals surface area contributed by atoms with E-state index in [0.29, 0.717) is 12.8 Å². The minimum atomic E-state index is -0.967. The first-order valence-corrected chi connectivity index (χ1v) is 4.73. The Morgan fingerprint density at radius 3 is 2.69 bits per heavy atom. The fraction of sp³-hybridized carbons (Fsp3) is 0.364. The molecule has 0 heterocycles. The number of fused-ring (bicyclic) bond motifs is 1. The number of carbonyl (C=O) groups excluding carboxylic acids is 1. The van der Waals surface area contributed by atoms with Crippen LogP contribution in [0.15, 0.2) is 18.2 Å². The molecule has 1 unspecified atom stereocenters. The van der Waals surface area contributed by atoms with Crippen LogP contribution < -0.4 is 5.73 Å². The molecule has 1 aliphatic rings. The molecule has 88 valence electrons. The monoisotopic (exact) mass is 243 g/mol. The number of methoxy groups -OCH3 is 1. The van der Waals surface area contributed by atoms with Crippen molar-refractivity contribution >= 4 is 18.4 Å². The molecule has 0 amide bonds. The average Bonchev–Trinajstić information content (AvgIpc) is 2.53. The number of esters is 1. The summed E-state index contributed by atoms with van der Waals surface area (Å²) in [4.78, 5) is 11.5. The number of benzene rings is 1. The van der Waals surface area contributed by atoms with Crippen LogP contribution in [-0.2, 0) is 22.4 Å². The molecule has 0 aliphatic heterocycles. The third kappa shape index (κ3) is 1.99. The number of nitrogens with two attached hydrogens (primary N) is 1. The van der Waals surface area contributed by atoms with Crippen LogP contribution in [0.5, 0.6) is 5.75 Å². The SMILES string of the molecule is COC(=O)C1(N)Cc2ccc(O)cc2C1.Cl. The van der Waals surface area contributed by atoms with Gasteiger partial charge in [-0.2, -0.15) is 0 Å². The number of phenols is 1. The van der Waals surface area contributed by atoms with E-state index >= 15 is 0 Å². The van der Waals surface area contributed by atoms with Crippen LogP contribution in [0.3, 0.4) is 0 Å². The topological polar surface area (TPSA) is 72.5 Å². The summed E-state index contributed by atoms with van der Waals surface area (Å²) in [6.45, 7) is 0. The van der Waals surface area contributed by atoms with Crippen LogP contribution >= 0.6 is 12.4 Å². The first-order valence-electron chi connectivity index (χ1n) is 4.73. The smallest absolute Gasteiger partial charge is 0.326 e. The van der Waals surface area contributed by atoms with Crippen molar-refractivity contribution in [2.45, 2.75) is 18.4 Å². The highest BCUT2D eigenvalue weighted by atomic mass is 35.5. The largest absolute Gasteiger partial charge is 0.508 e. The third-order valence-electron chi connectivity index (χ3n) is 2.79. The summed E-state index contributed by atoms with van der Waals surface area (Å²) in [5, 5.41) is 9.31. The predicted molar refractivity (Wildman–Crippen MR) is 61.7 cm³/mol. The van der Waals surface area contributed by atoms with Gasteiger partial charge in [0.2, 0.25) is 0 Å². The molecule has 2 rings (SSSR count). The molecule has 0 bridgehead atoms. The van der Waals surface area contributed by atoms with Gasteiger partial charge in [0.1, 0.15) is 11.3 Å². The van der Waals surface area contributed by atoms with Crippen molar-refractivity contribution in [3.05, 3.63) is 29.3 Å². The minimum Gasteiger partial charge on any atom is -0.508 e. The maximum atomic E-state index is 11.5. The number of aromatic hydroxyl groups is 1. The summed E-state index contributed by atoms with van der Waals surface area (Å²) in [7, 11) is 1.33. The molecule has 16 heavy (non-hydrogen) atoms. The van der Waals surface area contributed by atoms with E-state index in [2.05, 4.69) is 4.74 Å². The maximum Gasteiger partial charge on any atom is 0.326 e. The first-order chi connectivity index (χ1) is 7.05. The van der Waals surface area contributed by atoms with Crippen molar-refractivity contribution in [2.75, 3.05) is 7.11 Å². The van der Waals surface area contributed by atoms with Crippen LogP contribution in [0, 0.1) is 0 Å². The van der Waals surface area contributed by atoms with Crippen LogP contribution in [0.1, 0.15) is 11.1 Å². The van der Waals surface area contributed by atoms with Gasteiger partial charge in [0.15, 0.2) is 0 Å². The zero-order valence-electron chi connectivity index (χ0n) is 8.90. The van der Waals surface area contributed by atoms with Gasteiger partial charge in [-0.1, -0.05) is 6.07 Å². The molecule has 1 atom stereocenters. The molecule has 0 spiro atoms. The summed E-state index contributed by atoms with van der Waals surface area (Å²) in [5.41, 5.74) is 6.91. The number of carbonyl (C=O) groups is 1. The van der Waals surface area contributed by atoms with Crippen LogP contribution in [0.2, 0.25) is 0 Å². The summed E-state index contributed by atoms with van der Waals surface area (Å²) < 4.78 is 4.67. The first kappa shape index (κ1) is 12.8. The van der Waals surface area contributed by atoms with Gasteiger partial charge in [-0.15, -0.1) is 12.4 Å². The maximum absolute atomic E-state index is 11.5. The van der Waals surface area contributed by atoms with Gasteiger partial charge in [0, 0.05) is 12.8 Å². The van der Waals surface area contributed by atoms with E-state index in [1.165, 1.54) is 7.11 Å². The second-order valence-corrected chi connectivity index (χ2v) is 3.95. The van der Waals surface area contributed by atoms with Gasteiger partial charge < -0.3 is 15.6 Å². The molecule has 5 heteroatoms. The summed E-state index contributed by atoms with van der Waals surface area (Å²) >= 11 is 0. The Kier molecular flexibility index (Phi) is 3.45. The van der Waals surface area contributed by atoms with Crippen LogP contribution in [0.4, 0.5) is 0 Å². The van der Waals surface area contributed by atoms with Crippen molar-refractivity contribution in [3.8, 4) is 5.75 Å². The molecule has 0 saturated carbocycles. The summed E-state index contributed by atoms with van der Waals surface area (Å²) in [5.74, 6) is -0.207. The second-order valence-electron chi connectivity index (χ2n) is 3.95. The van der Waals surface area contributed by atoms with E-state index in [1.807, 2.05) is 0 Å². The molecule has 0 aromatic heterocycles. The number of halogens is 1. The fourth-order valence-corrected chi connectivity index (χ4v) is 2.04. The van der Waals surface area contributed by atoms with E-state index in [4.69, 9.17) is 5.73 Å². The summed E-state index contributed by atoms with van der Waals surface area (Å²) in [6.07, 6.45) is 0.888. The Balaban J connectivity index is 0.00000128. The van der Waals surface area contributed by atoms with Crippen molar-refractivity contribution in [2.24, 2.45) is 5.73 Å². The van der Waals surface area contributed by atoms with Gasteiger partial charge in [-0.05, 0) is 23.3 Å². The lowest BCUT2D eigenvalue weighted by Crippen LogP contribution is -2.49. The molecule has 1 aromatic rings. The molecule has 0 saturated heterocycles. The molecular weight excluding hydrogens is 230 g/mol. The van der Waals surface area contributed by atoms with Crippen molar-refractivity contribution in [1.29, 1.82) is 0 Å². The molecule has 0 fully saturated rings. The fourth-order valence-electron chi connectivity index (χ4n) is 2.04. The van der Waals surface area contributed by atoms with Crippen molar-refractivity contribution < 1.29 is 14.6 Å². The Bertz CT molecular complexity index is 422.